The number of ether oxygens (including phenoxy) is 4. The molecule has 8 nitrogen and oxygen atoms in total. The fourth-order valence-electron chi connectivity index (χ4n) is 6.03. The number of nitrogens with zero attached hydrogens (tertiary/aromatic N) is 1. The van der Waals surface area contributed by atoms with E-state index in [1.165, 1.54) is 27.4 Å². The average molecular weight is 586 g/mol. The van der Waals surface area contributed by atoms with Crippen molar-refractivity contribution in [2.75, 3.05) is 21.3 Å². The largest absolute Gasteiger partial charge is 0.496 e. The van der Waals surface area contributed by atoms with Gasteiger partial charge in [-0.2, -0.15) is 0 Å². The highest BCUT2D eigenvalue weighted by Gasteiger charge is 2.60. The van der Waals surface area contributed by atoms with Gasteiger partial charge >= 0.3 is 5.97 Å². The van der Waals surface area contributed by atoms with E-state index in [2.05, 4.69) is 4.98 Å². The second kappa shape index (κ2) is 10.5. The predicted octanol–water partition coefficient (Wildman–Crippen LogP) is 6.42. The number of esters is 1. The van der Waals surface area contributed by atoms with Gasteiger partial charge in [0.25, 0.3) is 0 Å². The van der Waals surface area contributed by atoms with E-state index < -0.39 is 29.4 Å². The van der Waals surface area contributed by atoms with Gasteiger partial charge in [-0.15, -0.1) is 0 Å². The van der Waals surface area contributed by atoms with Crippen molar-refractivity contribution in [3.63, 3.8) is 0 Å². The molecule has 1 aromatic heterocycles. The number of rotatable bonds is 5. The van der Waals surface area contributed by atoms with Gasteiger partial charge in [0.05, 0.1) is 33.1 Å². The fraction of sp³-hybridized carbons (Fsp3) is 0.242. The summed E-state index contributed by atoms with van der Waals surface area (Å²) in [5.41, 5.74) is 2.29. The van der Waals surface area contributed by atoms with E-state index in [-0.39, 0.29) is 45.6 Å². The Hall–Kier alpha value is -4.40. The maximum Gasteiger partial charge on any atom is 0.356 e. The number of carbonyl (C=O) groups excluding carboxylic acids is 2. The van der Waals surface area contributed by atoms with Crippen molar-refractivity contribution in [1.29, 1.82) is 0 Å². The Labute approximate surface area is 247 Å². The second-order valence-corrected chi connectivity index (χ2v) is 10.7. The van der Waals surface area contributed by atoms with E-state index in [1.54, 1.807) is 13.0 Å². The topological polar surface area (TPSA) is 104 Å². The molecule has 2 heterocycles. The first kappa shape index (κ1) is 27.8. The van der Waals surface area contributed by atoms with Crippen LogP contribution in [-0.2, 0) is 10.3 Å². The Morgan fingerprint density at radius 2 is 1.62 bits per heavy atom. The van der Waals surface area contributed by atoms with Gasteiger partial charge in [-0.3, -0.25) is 4.79 Å². The number of benzene rings is 3. The molecule has 0 bridgehead atoms. The van der Waals surface area contributed by atoms with Gasteiger partial charge in [0.2, 0.25) is 11.4 Å². The normalized spacial score (nSPS) is 20.5. The molecule has 3 aromatic carbocycles. The molecular weight excluding hydrogens is 558 g/mol. The van der Waals surface area contributed by atoms with Gasteiger partial charge in [0.1, 0.15) is 27.8 Å². The number of Topliss-reactive ketones (excluding diaryl/α,β-unsaturated/α-hetero) is 1. The van der Waals surface area contributed by atoms with Crippen LogP contribution >= 0.6 is 11.6 Å². The summed E-state index contributed by atoms with van der Waals surface area (Å²) >= 11 is 6.65. The van der Waals surface area contributed by atoms with Crippen molar-refractivity contribution < 1.29 is 33.6 Å². The van der Waals surface area contributed by atoms with Crippen LogP contribution in [0, 0.1) is 5.92 Å². The highest BCUT2D eigenvalue weighted by molar-refractivity contribution is 6.35. The second-order valence-electron chi connectivity index (χ2n) is 10.4. The lowest BCUT2D eigenvalue weighted by Crippen LogP contribution is -2.48. The molecule has 0 fully saturated rings. The lowest BCUT2D eigenvalue weighted by molar-refractivity contribution is -0.00612. The quantitative estimate of drug-likeness (QED) is 0.268. The van der Waals surface area contributed by atoms with Gasteiger partial charge in [-0.1, -0.05) is 73.1 Å². The highest BCUT2D eigenvalue weighted by Crippen LogP contribution is 2.58. The molecule has 6 rings (SSSR count). The molecular formula is C33H28ClNO7. The van der Waals surface area contributed by atoms with Gasteiger partial charge in [0, 0.05) is 17.5 Å². The van der Waals surface area contributed by atoms with Gasteiger partial charge in [-0.05, 0) is 34.7 Å². The number of fused-ring (bicyclic) bond motifs is 3. The van der Waals surface area contributed by atoms with Gasteiger partial charge < -0.3 is 24.1 Å². The first-order valence-electron chi connectivity index (χ1n) is 13.4. The van der Waals surface area contributed by atoms with Crippen molar-refractivity contribution in [2.45, 2.75) is 25.0 Å². The summed E-state index contributed by atoms with van der Waals surface area (Å²) in [5, 5.41) is 11.6. The number of methoxy groups -OCH3 is 3. The standard InChI is InChI=1S/C33H28ClNO7/c1-17-14-23(36)26-21(20-12-10-19(11-13-20)18-8-6-5-7-9-18)15-22(32(38)41-4)35-30(26)33(17)31(37)27-24(39-2)16-25(40-3)28(34)29(27)42-33/h5-13,15-17,23,36H,14H2,1-4H3/t17-,23+,33+/m1/s1. The monoisotopic (exact) mass is 585 g/mol. The van der Waals surface area contributed by atoms with Crippen LogP contribution in [0.1, 0.15) is 51.6 Å². The van der Waals surface area contributed by atoms with Crippen LogP contribution in [0.25, 0.3) is 22.3 Å². The Kier molecular flexibility index (Phi) is 6.91. The van der Waals surface area contributed by atoms with E-state index in [9.17, 15) is 14.7 Å². The number of hydrogen-bond donors (Lipinski definition) is 1. The van der Waals surface area contributed by atoms with Crippen molar-refractivity contribution in [3.05, 3.63) is 94.3 Å². The number of aliphatic hydroxyl groups is 1. The molecule has 1 spiro atoms. The van der Waals surface area contributed by atoms with E-state index in [0.29, 0.717) is 11.1 Å². The minimum Gasteiger partial charge on any atom is -0.496 e. The maximum absolute atomic E-state index is 14.4. The third kappa shape index (κ3) is 4.05. The zero-order valence-electron chi connectivity index (χ0n) is 23.4. The Morgan fingerprint density at radius 1 is 0.976 bits per heavy atom. The summed E-state index contributed by atoms with van der Waals surface area (Å²) < 4.78 is 22.5. The van der Waals surface area contributed by atoms with Crippen LogP contribution in [0.4, 0.5) is 0 Å². The number of ketones is 1. The minimum absolute atomic E-state index is 0.0259. The van der Waals surface area contributed by atoms with Crippen LogP contribution in [0.5, 0.6) is 17.2 Å². The number of aromatic nitrogens is 1. The minimum atomic E-state index is -1.69. The summed E-state index contributed by atoms with van der Waals surface area (Å²) in [4.78, 5) is 32.0. The number of aliphatic hydroxyl groups excluding tert-OH is 1. The first-order chi connectivity index (χ1) is 20.2. The molecule has 0 saturated heterocycles. The van der Waals surface area contributed by atoms with Crippen LogP contribution < -0.4 is 14.2 Å². The zero-order chi connectivity index (χ0) is 29.8. The van der Waals surface area contributed by atoms with Crippen molar-refractivity contribution in [1.82, 2.24) is 4.98 Å². The molecule has 1 aliphatic carbocycles. The molecule has 1 N–H and O–H groups in total. The molecule has 0 saturated carbocycles. The summed E-state index contributed by atoms with van der Waals surface area (Å²) in [6, 6.07) is 20.8. The molecule has 0 radical (unpaired) electrons. The zero-order valence-corrected chi connectivity index (χ0v) is 24.2. The Morgan fingerprint density at radius 3 is 2.26 bits per heavy atom. The van der Waals surface area contributed by atoms with E-state index in [4.69, 9.17) is 30.5 Å². The number of hydrogen-bond acceptors (Lipinski definition) is 8. The molecule has 42 heavy (non-hydrogen) atoms. The molecule has 4 aromatic rings. The third-order valence-corrected chi connectivity index (χ3v) is 8.49. The first-order valence-corrected chi connectivity index (χ1v) is 13.8. The summed E-state index contributed by atoms with van der Waals surface area (Å²) in [6.45, 7) is 1.80. The fourth-order valence-corrected chi connectivity index (χ4v) is 6.29. The van der Waals surface area contributed by atoms with Crippen LogP contribution in [0.2, 0.25) is 5.02 Å². The van der Waals surface area contributed by atoms with E-state index >= 15 is 0 Å². The lowest BCUT2D eigenvalue weighted by atomic mass is 9.69. The molecule has 0 unspecified atom stereocenters. The smallest absolute Gasteiger partial charge is 0.356 e. The predicted molar refractivity (Wildman–Crippen MR) is 156 cm³/mol. The maximum atomic E-state index is 14.4. The van der Waals surface area contributed by atoms with Crippen molar-refractivity contribution in [3.8, 4) is 39.5 Å². The summed E-state index contributed by atoms with van der Waals surface area (Å²) in [5.74, 6) is -1.07. The van der Waals surface area contributed by atoms with Crippen molar-refractivity contribution in [2.24, 2.45) is 5.92 Å². The Bertz CT molecular complexity index is 1720. The van der Waals surface area contributed by atoms with Crippen LogP contribution in [0.15, 0.2) is 66.7 Å². The number of halogens is 1. The van der Waals surface area contributed by atoms with E-state index in [1.807, 2.05) is 54.6 Å². The Balaban J connectivity index is 1.59. The molecule has 1 aliphatic heterocycles. The third-order valence-electron chi connectivity index (χ3n) is 8.13. The highest BCUT2D eigenvalue weighted by atomic mass is 35.5. The van der Waals surface area contributed by atoms with Gasteiger partial charge in [0.15, 0.2) is 5.75 Å². The van der Waals surface area contributed by atoms with Crippen molar-refractivity contribution >= 4 is 23.4 Å². The molecule has 214 valence electrons. The molecule has 3 atom stereocenters. The molecule has 2 aliphatic rings. The van der Waals surface area contributed by atoms with Gasteiger partial charge in [-0.25, -0.2) is 9.78 Å². The van der Waals surface area contributed by atoms with Crippen LogP contribution in [0.3, 0.4) is 0 Å². The molecule has 0 amide bonds. The molecule has 9 heteroatoms. The van der Waals surface area contributed by atoms with Crippen LogP contribution in [-0.4, -0.2) is 43.2 Å². The lowest BCUT2D eigenvalue weighted by Gasteiger charge is -2.41. The number of pyridine rings is 1. The van der Waals surface area contributed by atoms with E-state index in [0.717, 1.165) is 16.7 Å². The summed E-state index contributed by atoms with van der Waals surface area (Å²) in [6.07, 6.45) is -0.798. The number of carbonyl (C=O) groups is 2. The summed E-state index contributed by atoms with van der Waals surface area (Å²) in [7, 11) is 4.15. The average Bonchev–Trinajstić information content (AvgIpc) is 3.34. The SMILES string of the molecule is COC(=O)c1cc(-c2ccc(-c3ccccc3)cc2)c2c(n1)[C@@]1(Oc3c(Cl)c(OC)cc(OC)c3C1=O)[C@H](C)C[C@@H]2O.